The lowest BCUT2D eigenvalue weighted by Crippen LogP contribution is -2.47. The van der Waals surface area contributed by atoms with Gasteiger partial charge in [0.1, 0.15) is 0 Å². The van der Waals surface area contributed by atoms with Crippen LogP contribution in [0.1, 0.15) is 44.9 Å². The van der Waals surface area contributed by atoms with Crippen LogP contribution < -0.4 is 10.6 Å². The molecule has 1 saturated carbocycles. The molecule has 0 bridgehead atoms. The molecule has 1 aliphatic heterocycles. The topological polar surface area (TPSA) is 78.4 Å². The minimum atomic E-state index is -0.763. The molecule has 1 atom stereocenters. The highest BCUT2D eigenvalue weighted by Gasteiger charge is 2.34. The fraction of sp³-hybridized carbons (Fsp3) is 0.857. The third kappa shape index (κ3) is 4.58. The van der Waals surface area contributed by atoms with Crippen LogP contribution in [0.2, 0.25) is 0 Å². The number of carboxylic acid groups (broad SMARTS) is 1. The third-order valence-electron chi connectivity index (χ3n) is 4.33. The van der Waals surface area contributed by atoms with Crippen molar-refractivity contribution in [2.24, 2.45) is 5.41 Å². The summed E-state index contributed by atoms with van der Waals surface area (Å²) in [5, 5.41) is 15.0. The lowest BCUT2D eigenvalue weighted by Gasteiger charge is -2.36. The molecule has 0 radical (unpaired) electrons. The van der Waals surface area contributed by atoms with E-state index in [-0.39, 0.29) is 23.9 Å². The zero-order valence-corrected chi connectivity index (χ0v) is 12.6. The van der Waals surface area contributed by atoms with E-state index in [0.29, 0.717) is 6.54 Å². The standard InChI is InChI=1S/C14H24N2O3S/c17-12(18)8-14(5-2-1-3-6-14)10-15-13(19)16-11-4-7-20-9-11/h11H,1-10H2,(H,17,18)(H2,15,16,19). The number of amides is 2. The van der Waals surface area contributed by atoms with Gasteiger partial charge in [-0.1, -0.05) is 19.3 Å². The van der Waals surface area contributed by atoms with Crippen LogP contribution in [-0.2, 0) is 4.79 Å². The van der Waals surface area contributed by atoms with Crippen LogP contribution in [0.15, 0.2) is 0 Å². The first-order chi connectivity index (χ1) is 9.60. The first-order valence-electron chi connectivity index (χ1n) is 7.44. The van der Waals surface area contributed by atoms with E-state index >= 15 is 0 Å². The summed E-state index contributed by atoms with van der Waals surface area (Å²) in [5.41, 5.74) is -0.244. The number of carboxylic acids is 1. The normalized spacial score (nSPS) is 25.1. The van der Waals surface area contributed by atoms with Gasteiger partial charge in [-0.15, -0.1) is 0 Å². The van der Waals surface area contributed by atoms with Crippen LogP contribution in [0.4, 0.5) is 4.79 Å². The van der Waals surface area contributed by atoms with Crippen molar-refractivity contribution in [2.75, 3.05) is 18.1 Å². The molecular formula is C14H24N2O3S. The van der Waals surface area contributed by atoms with E-state index in [0.717, 1.165) is 43.6 Å². The van der Waals surface area contributed by atoms with Crippen molar-refractivity contribution in [1.82, 2.24) is 10.6 Å². The van der Waals surface area contributed by atoms with E-state index in [2.05, 4.69) is 10.6 Å². The van der Waals surface area contributed by atoms with E-state index in [1.54, 1.807) is 0 Å². The Morgan fingerprint density at radius 3 is 2.60 bits per heavy atom. The Labute approximate surface area is 124 Å². The first kappa shape index (κ1) is 15.5. The molecule has 2 fully saturated rings. The molecular weight excluding hydrogens is 276 g/mol. The number of nitrogens with one attached hydrogen (secondary N) is 2. The van der Waals surface area contributed by atoms with Gasteiger partial charge in [0, 0.05) is 18.3 Å². The van der Waals surface area contributed by atoms with Crippen LogP contribution >= 0.6 is 11.8 Å². The molecule has 0 aromatic carbocycles. The van der Waals surface area contributed by atoms with Crippen LogP contribution in [-0.4, -0.2) is 41.2 Å². The van der Waals surface area contributed by atoms with Gasteiger partial charge in [0.25, 0.3) is 0 Å². The van der Waals surface area contributed by atoms with Gasteiger partial charge >= 0.3 is 12.0 Å². The summed E-state index contributed by atoms with van der Waals surface area (Å²) in [4.78, 5) is 23.0. The minimum Gasteiger partial charge on any atom is -0.481 e. The zero-order valence-electron chi connectivity index (χ0n) is 11.8. The highest BCUT2D eigenvalue weighted by Crippen LogP contribution is 2.38. The molecule has 2 amide bonds. The highest BCUT2D eigenvalue weighted by molar-refractivity contribution is 7.99. The van der Waals surface area contributed by atoms with Gasteiger partial charge < -0.3 is 15.7 Å². The van der Waals surface area contributed by atoms with Gasteiger partial charge in [-0.05, 0) is 30.4 Å². The smallest absolute Gasteiger partial charge is 0.315 e. The summed E-state index contributed by atoms with van der Waals surface area (Å²) in [6.07, 6.45) is 6.29. The van der Waals surface area contributed by atoms with E-state index in [9.17, 15) is 9.59 Å². The van der Waals surface area contributed by atoms with Crippen molar-refractivity contribution >= 4 is 23.8 Å². The van der Waals surface area contributed by atoms with Crippen LogP contribution in [0.5, 0.6) is 0 Å². The molecule has 0 aromatic heterocycles. The van der Waals surface area contributed by atoms with Crippen LogP contribution in [0, 0.1) is 5.41 Å². The maximum Gasteiger partial charge on any atom is 0.315 e. The van der Waals surface area contributed by atoms with Gasteiger partial charge in [0.15, 0.2) is 0 Å². The number of urea groups is 1. The predicted molar refractivity (Wildman–Crippen MR) is 80.0 cm³/mol. The molecule has 20 heavy (non-hydrogen) atoms. The van der Waals surface area contributed by atoms with Crippen molar-refractivity contribution in [3.05, 3.63) is 0 Å². The van der Waals surface area contributed by atoms with E-state index in [1.807, 2.05) is 11.8 Å². The average molecular weight is 300 g/mol. The Kier molecular flexibility index (Phi) is 5.57. The maximum atomic E-state index is 11.9. The number of hydrogen-bond acceptors (Lipinski definition) is 3. The Bertz CT molecular complexity index is 350. The van der Waals surface area contributed by atoms with Crippen LogP contribution in [0.3, 0.4) is 0 Å². The van der Waals surface area contributed by atoms with E-state index < -0.39 is 5.97 Å². The molecule has 6 heteroatoms. The molecule has 3 N–H and O–H groups in total. The maximum absolute atomic E-state index is 11.9. The van der Waals surface area contributed by atoms with E-state index in [1.165, 1.54) is 6.42 Å². The van der Waals surface area contributed by atoms with Crippen molar-refractivity contribution in [3.8, 4) is 0 Å². The third-order valence-corrected chi connectivity index (χ3v) is 5.49. The number of rotatable bonds is 5. The monoisotopic (exact) mass is 300 g/mol. The number of hydrogen-bond donors (Lipinski definition) is 3. The minimum absolute atomic E-state index is 0.146. The summed E-state index contributed by atoms with van der Waals surface area (Å²) in [7, 11) is 0. The molecule has 5 nitrogen and oxygen atoms in total. The number of aliphatic carboxylic acids is 1. The Morgan fingerprint density at radius 1 is 1.25 bits per heavy atom. The molecule has 2 rings (SSSR count). The second-order valence-electron chi connectivity index (χ2n) is 6.02. The lowest BCUT2D eigenvalue weighted by molar-refractivity contribution is -0.140. The number of carbonyl (C=O) groups is 2. The quantitative estimate of drug-likeness (QED) is 0.727. The molecule has 1 unspecified atom stereocenters. The van der Waals surface area contributed by atoms with Gasteiger partial charge in [-0.25, -0.2) is 4.79 Å². The predicted octanol–water partition coefficient (Wildman–Crippen LogP) is 2.22. The average Bonchev–Trinajstić information content (AvgIpc) is 2.90. The van der Waals surface area contributed by atoms with Crippen molar-refractivity contribution in [3.63, 3.8) is 0 Å². The molecule has 114 valence electrons. The summed E-state index contributed by atoms with van der Waals surface area (Å²) >= 11 is 1.86. The Morgan fingerprint density at radius 2 is 2.00 bits per heavy atom. The second kappa shape index (κ2) is 7.20. The van der Waals surface area contributed by atoms with Gasteiger partial charge in [0.2, 0.25) is 0 Å². The zero-order chi connectivity index (χ0) is 14.4. The Hall–Kier alpha value is -0.910. The summed E-state index contributed by atoms with van der Waals surface area (Å²) in [6.45, 7) is 0.477. The van der Waals surface area contributed by atoms with Gasteiger partial charge in [0.05, 0.1) is 6.42 Å². The van der Waals surface area contributed by atoms with Crippen molar-refractivity contribution in [2.45, 2.75) is 51.0 Å². The molecule has 1 saturated heterocycles. The fourth-order valence-electron chi connectivity index (χ4n) is 3.19. The molecule has 2 aliphatic rings. The number of carbonyl (C=O) groups excluding carboxylic acids is 1. The Balaban J connectivity index is 1.81. The van der Waals surface area contributed by atoms with Crippen molar-refractivity contribution in [1.29, 1.82) is 0 Å². The number of thioether (sulfide) groups is 1. The molecule has 0 aromatic rings. The lowest BCUT2D eigenvalue weighted by atomic mass is 9.72. The largest absolute Gasteiger partial charge is 0.481 e. The second-order valence-corrected chi connectivity index (χ2v) is 7.17. The van der Waals surface area contributed by atoms with Crippen LogP contribution in [0.25, 0.3) is 0 Å². The molecule has 0 spiro atoms. The molecule has 1 aliphatic carbocycles. The summed E-state index contributed by atoms with van der Waals surface area (Å²) in [6, 6.07) is 0.120. The summed E-state index contributed by atoms with van der Waals surface area (Å²) < 4.78 is 0. The van der Waals surface area contributed by atoms with Crippen molar-refractivity contribution < 1.29 is 14.7 Å². The first-order valence-corrected chi connectivity index (χ1v) is 8.59. The SMILES string of the molecule is O=C(O)CC1(CNC(=O)NC2CCSC2)CCCCC1. The van der Waals surface area contributed by atoms with E-state index in [4.69, 9.17) is 5.11 Å². The fourth-order valence-corrected chi connectivity index (χ4v) is 4.34. The summed E-state index contributed by atoms with van der Waals surface area (Å²) in [5.74, 6) is 1.32. The van der Waals surface area contributed by atoms with Gasteiger partial charge in [-0.3, -0.25) is 4.79 Å². The molecule has 1 heterocycles. The highest BCUT2D eigenvalue weighted by atomic mass is 32.2. The van der Waals surface area contributed by atoms with Gasteiger partial charge in [-0.2, -0.15) is 11.8 Å².